The predicted molar refractivity (Wildman–Crippen MR) is 116 cm³/mol. The summed E-state index contributed by atoms with van der Waals surface area (Å²) in [6.07, 6.45) is 1.60. The van der Waals surface area contributed by atoms with Crippen LogP contribution < -0.4 is 10.2 Å². The number of aromatic nitrogens is 2. The maximum atomic E-state index is 14.0. The van der Waals surface area contributed by atoms with Crippen LogP contribution in [-0.4, -0.2) is 60.4 Å². The van der Waals surface area contributed by atoms with Crippen molar-refractivity contribution < 1.29 is 18.3 Å². The predicted octanol–water partition coefficient (Wildman–Crippen LogP) is 2.82. The van der Waals surface area contributed by atoms with Crippen LogP contribution in [0.2, 0.25) is 0 Å². The first-order chi connectivity index (χ1) is 15.6. The zero-order valence-corrected chi connectivity index (χ0v) is 17.4. The van der Waals surface area contributed by atoms with Gasteiger partial charge in [0.05, 0.1) is 36.5 Å². The van der Waals surface area contributed by atoms with Crippen molar-refractivity contribution in [2.75, 3.05) is 49.6 Å². The highest BCUT2D eigenvalue weighted by atomic mass is 19.1. The molecule has 32 heavy (non-hydrogen) atoms. The van der Waals surface area contributed by atoms with Crippen LogP contribution in [0.25, 0.3) is 10.9 Å². The number of ether oxygens (including phenoxy) is 1. The lowest BCUT2D eigenvalue weighted by Gasteiger charge is -2.39. The molecule has 1 amide bonds. The van der Waals surface area contributed by atoms with Gasteiger partial charge in [0.25, 0.3) is 0 Å². The minimum absolute atomic E-state index is 0.0142. The molecule has 5 rings (SSSR count). The van der Waals surface area contributed by atoms with Gasteiger partial charge in [-0.05, 0) is 24.3 Å². The van der Waals surface area contributed by atoms with E-state index in [0.717, 1.165) is 41.4 Å². The number of carbonyl (C=O) groups excluding carboxylic acids is 1. The van der Waals surface area contributed by atoms with Crippen LogP contribution in [0.4, 0.5) is 20.2 Å². The number of hydrogen-bond acceptors (Lipinski definition) is 6. The molecule has 1 aromatic heterocycles. The van der Waals surface area contributed by atoms with E-state index in [2.05, 4.69) is 20.4 Å². The highest BCUT2D eigenvalue weighted by molar-refractivity contribution is 5.93. The van der Waals surface area contributed by atoms with Gasteiger partial charge in [0.1, 0.15) is 11.6 Å². The molecule has 2 saturated heterocycles. The van der Waals surface area contributed by atoms with Crippen LogP contribution in [0.3, 0.4) is 0 Å². The number of fused-ring (bicyclic) bond motifs is 1. The highest BCUT2D eigenvalue weighted by Gasteiger charge is 2.32. The summed E-state index contributed by atoms with van der Waals surface area (Å²) in [5, 5.41) is 12.3. The third kappa shape index (κ3) is 4.08. The molecule has 0 aliphatic carbocycles. The van der Waals surface area contributed by atoms with Crippen molar-refractivity contribution >= 4 is 28.2 Å². The van der Waals surface area contributed by atoms with Crippen molar-refractivity contribution in [2.45, 2.75) is 6.54 Å². The zero-order valence-electron chi connectivity index (χ0n) is 17.4. The van der Waals surface area contributed by atoms with Gasteiger partial charge < -0.3 is 19.9 Å². The molecular formula is C23H23F2N5O2. The Labute approximate surface area is 184 Å². The average Bonchev–Trinajstić information content (AvgIpc) is 2.77. The molecular weight excluding hydrogens is 416 g/mol. The summed E-state index contributed by atoms with van der Waals surface area (Å²) in [6.45, 7) is 4.10. The van der Waals surface area contributed by atoms with E-state index in [1.54, 1.807) is 6.20 Å². The van der Waals surface area contributed by atoms with E-state index < -0.39 is 11.6 Å². The molecule has 2 aliphatic rings. The Morgan fingerprint density at radius 3 is 2.62 bits per heavy atom. The van der Waals surface area contributed by atoms with Crippen molar-refractivity contribution in [3.8, 4) is 0 Å². The minimum Gasteiger partial charge on any atom is -0.380 e. The van der Waals surface area contributed by atoms with Crippen LogP contribution in [0.15, 0.2) is 42.6 Å². The lowest BCUT2D eigenvalue weighted by Crippen LogP contribution is -2.53. The Morgan fingerprint density at radius 2 is 1.91 bits per heavy atom. The number of nitrogens with zero attached hydrogens (tertiary/aromatic N) is 4. The van der Waals surface area contributed by atoms with Crippen LogP contribution in [-0.2, 0) is 16.1 Å². The monoisotopic (exact) mass is 439 g/mol. The Morgan fingerprint density at radius 1 is 1.09 bits per heavy atom. The van der Waals surface area contributed by atoms with E-state index in [9.17, 15) is 13.6 Å². The number of benzene rings is 2. The molecule has 0 spiro atoms. The molecule has 2 aliphatic heterocycles. The van der Waals surface area contributed by atoms with Gasteiger partial charge >= 0.3 is 0 Å². The Kier molecular flexibility index (Phi) is 5.57. The molecule has 166 valence electrons. The lowest BCUT2D eigenvalue weighted by molar-refractivity contribution is -0.150. The van der Waals surface area contributed by atoms with Crippen molar-refractivity contribution in [3.05, 3.63) is 59.8 Å². The van der Waals surface area contributed by atoms with E-state index in [0.29, 0.717) is 31.9 Å². The fourth-order valence-electron chi connectivity index (χ4n) is 4.06. The van der Waals surface area contributed by atoms with E-state index in [1.165, 1.54) is 12.1 Å². The third-order valence-corrected chi connectivity index (χ3v) is 6.05. The largest absolute Gasteiger partial charge is 0.380 e. The summed E-state index contributed by atoms with van der Waals surface area (Å²) in [4.78, 5) is 16.6. The molecule has 2 fully saturated rings. The Hall–Kier alpha value is -3.33. The van der Waals surface area contributed by atoms with Crippen molar-refractivity contribution in [1.29, 1.82) is 0 Å². The van der Waals surface area contributed by atoms with E-state index in [4.69, 9.17) is 4.74 Å². The molecule has 3 heterocycles. The Bertz CT molecular complexity index is 1150. The SMILES string of the molecule is O=C(C1COC1)N1CCN(c2ccc3nncc(NCc4ccc(F)cc4F)c3c2)CC1. The van der Waals surface area contributed by atoms with Gasteiger partial charge in [-0.15, -0.1) is 0 Å². The molecule has 1 N–H and O–H groups in total. The van der Waals surface area contributed by atoms with Gasteiger partial charge in [0.15, 0.2) is 0 Å². The normalized spacial score (nSPS) is 16.8. The summed E-state index contributed by atoms with van der Waals surface area (Å²) in [5.41, 5.74) is 2.84. The molecule has 0 unspecified atom stereocenters. The molecule has 0 radical (unpaired) electrons. The van der Waals surface area contributed by atoms with Gasteiger partial charge in [0.2, 0.25) is 5.91 Å². The molecule has 0 atom stereocenters. The van der Waals surface area contributed by atoms with Gasteiger partial charge in [-0.1, -0.05) is 6.07 Å². The number of hydrogen-bond donors (Lipinski definition) is 1. The van der Waals surface area contributed by atoms with Gasteiger partial charge in [-0.25, -0.2) is 8.78 Å². The number of halogens is 2. The summed E-state index contributed by atoms with van der Waals surface area (Å²) < 4.78 is 32.3. The standard InChI is InChI=1S/C23H23F2N5O2/c24-17-2-1-15(20(25)9-17)11-26-22-12-27-28-21-4-3-18(10-19(21)22)29-5-7-30(8-6-29)23(31)16-13-32-14-16/h1-4,9-10,12,16H,5-8,11,13-14H2,(H,26,28). The van der Waals surface area contributed by atoms with Crippen molar-refractivity contribution in [1.82, 2.24) is 15.1 Å². The number of piperazine rings is 1. The molecule has 2 aromatic carbocycles. The quantitative estimate of drug-likeness (QED) is 0.659. The zero-order chi connectivity index (χ0) is 22.1. The third-order valence-electron chi connectivity index (χ3n) is 6.05. The van der Waals surface area contributed by atoms with Gasteiger partial charge in [0, 0.05) is 55.4 Å². The lowest BCUT2D eigenvalue weighted by atomic mass is 10.1. The van der Waals surface area contributed by atoms with Gasteiger partial charge in [-0.3, -0.25) is 4.79 Å². The molecule has 0 saturated carbocycles. The smallest absolute Gasteiger partial charge is 0.230 e. The summed E-state index contributed by atoms with van der Waals surface area (Å²) in [5.74, 6) is -0.996. The number of anilines is 2. The van der Waals surface area contributed by atoms with Crippen molar-refractivity contribution in [3.63, 3.8) is 0 Å². The van der Waals surface area contributed by atoms with Crippen LogP contribution >= 0.6 is 0 Å². The Balaban J connectivity index is 1.30. The first-order valence-electron chi connectivity index (χ1n) is 10.6. The van der Waals surface area contributed by atoms with E-state index in [1.807, 2.05) is 23.1 Å². The van der Waals surface area contributed by atoms with E-state index >= 15 is 0 Å². The molecule has 3 aromatic rings. The van der Waals surface area contributed by atoms with E-state index in [-0.39, 0.29) is 18.4 Å². The fourth-order valence-corrected chi connectivity index (χ4v) is 4.06. The number of amides is 1. The minimum atomic E-state index is -0.602. The fraction of sp³-hybridized carbons (Fsp3) is 0.348. The molecule has 7 nitrogen and oxygen atoms in total. The second kappa shape index (κ2) is 8.66. The molecule has 9 heteroatoms. The second-order valence-electron chi connectivity index (χ2n) is 8.10. The van der Waals surface area contributed by atoms with Crippen LogP contribution in [0, 0.1) is 17.6 Å². The first-order valence-corrected chi connectivity index (χ1v) is 10.6. The maximum Gasteiger partial charge on any atom is 0.230 e. The highest BCUT2D eigenvalue weighted by Crippen LogP contribution is 2.28. The van der Waals surface area contributed by atoms with Crippen molar-refractivity contribution in [2.24, 2.45) is 5.92 Å². The summed E-state index contributed by atoms with van der Waals surface area (Å²) >= 11 is 0. The van der Waals surface area contributed by atoms with Crippen LogP contribution in [0.1, 0.15) is 5.56 Å². The topological polar surface area (TPSA) is 70.6 Å². The second-order valence-corrected chi connectivity index (χ2v) is 8.10. The summed E-state index contributed by atoms with van der Waals surface area (Å²) in [7, 11) is 0. The van der Waals surface area contributed by atoms with Gasteiger partial charge in [-0.2, -0.15) is 10.2 Å². The molecule has 0 bridgehead atoms. The average molecular weight is 439 g/mol. The first kappa shape index (κ1) is 20.6. The number of rotatable bonds is 5. The number of nitrogens with one attached hydrogen (secondary N) is 1. The summed E-state index contributed by atoms with van der Waals surface area (Å²) in [6, 6.07) is 9.48. The maximum absolute atomic E-state index is 14.0. The van der Waals surface area contributed by atoms with Crippen LogP contribution in [0.5, 0.6) is 0 Å². The number of carbonyl (C=O) groups is 1.